The van der Waals surface area contributed by atoms with Crippen LogP contribution in [0.25, 0.3) is 0 Å². The van der Waals surface area contributed by atoms with Crippen molar-refractivity contribution in [1.82, 2.24) is 4.90 Å². The van der Waals surface area contributed by atoms with Gasteiger partial charge in [0.15, 0.2) is 0 Å². The van der Waals surface area contributed by atoms with Crippen LogP contribution in [0.4, 0.5) is 4.79 Å². The van der Waals surface area contributed by atoms with Crippen molar-refractivity contribution in [1.29, 1.82) is 0 Å². The summed E-state index contributed by atoms with van der Waals surface area (Å²) in [6.45, 7) is 0.225. The van der Waals surface area contributed by atoms with E-state index in [-0.39, 0.29) is 18.8 Å². The minimum absolute atomic E-state index is 0.0711. The van der Waals surface area contributed by atoms with Crippen molar-refractivity contribution in [3.05, 3.63) is 0 Å². The third-order valence-corrected chi connectivity index (χ3v) is 2.17. The van der Waals surface area contributed by atoms with Crippen LogP contribution in [-0.2, 0) is 4.74 Å². The molecule has 1 heterocycles. The molecular weight excluding hydrogens is 162 g/mol. The van der Waals surface area contributed by atoms with E-state index in [4.69, 9.17) is 14.9 Å². The number of ether oxygens (including phenoxy) is 1. The van der Waals surface area contributed by atoms with E-state index in [0.29, 0.717) is 13.0 Å². The van der Waals surface area contributed by atoms with E-state index in [1.165, 1.54) is 4.90 Å². The van der Waals surface area contributed by atoms with Crippen LogP contribution in [-0.4, -0.2) is 53.6 Å². The van der Waals surface area contributed by atoms with Crippen LogP contribution in [0, 0.1) is 0 Å². The Bertz CT molecular complexity index is 173. The van der Waals surface area contributed by atoms with Crippen molar-refractivity contribution in [2.45, 2.75) is 18.6 Å². The van der Waals surface area contributed by atoms with Crippen LogP contribution in [0.1, 0.15) is 6.42 Å². The summed E-state index contributed by atoms with van der Waals surface area (Å²) in [6.07, 6.45) is -0.480. The molecule has 0 bridgehead atoms. The molecule has 1 rings (SSSR count). The molecule has 0 radical (unpaired) electrons. The third kappa shape index (κ3) is 1.67. The summed E-state index contributed by atoms with van der Waals surface area (Å²) in [6, 6.07) is -0.299. The minimum atomic E-state index is -0.992. The normalized spacial score (nSPS) is 29.3. The number of hydrogen-bond donors (Lipinski definition) is 2. The van der Waals surface area contributed by atoms with E-state index in [1.54, 1.807) is 7.11 Å². The van der Waals surface area contributed by atoms with Crippen molar-refractivity contribution < 1.29 is 19.7 Å². The van der Waals surface area contributed by atoms with Crippen molar-refractivity contribution in [3.8, 4) is 0 Å². The number of carbonyl (C=O) groups is 1. The Hall–Kier alpha value is -0.810. The minimum Gasteiger partial charge on any atom is -0.465 e. The first-order valence-electron chi connectivity index (χ1n) is 3.82. The predicted octanol–water partition coefficient (Wildman–Crippen LogP) is -0.254. The van der Waals surface area contributed by atoms with Gasteiger partial charge in [-0.05, 0) is 6.42 Å². The first kappa shape index (κ1) is 9.28. The fraction of sp³-hybridized carbons (Fsp3) is 0.857. The van der Waals surface area contributed by atoms with Gasteiger partial charge in [-0.15, -0.1) is 0 Å². The molecule has 0 aromatic rings. The molecule has 5 nitrogen and oxygen atoms in total. The number of likely N-dealkylation sites (tertiary alicyclic amines) is 1. The number of aliphatic hydroxyl groups excluding tert-OH is 1. The lowest BCUT2D eigenvalue weighted by Gasteiger charge is -2.18. The lowest BCUT2D eigenvalue weighted by Crippen LogP contribution is -2.36. The summed E-state index contributed by atoms with van der Waals surface area (Å²) in [4.78, 5) is 11.8. The Morgan fingerprint density at radius 2 is 2.42 bits per heavy atom. The lowest BCUT2D eigenvalue weighted by atomic mass is 10.2. The highest BCUT2D eigenvalue weighted by molar-refractivity contribution is 5.66. The second-order valence-electron chi connectivity index (χ2n) is 2.86. The Labute approximate surface area is 70.5 Å². The molecule has 2 atom stereocenters. The van der Waals surface area contributed by atoms with Gasteiger partial charge in [-0.3, -0.25) is 0 Å². The zero-order chi connectivity index (χ0) is 9.14. The first-order chi connectivity index (χ1) is 5.69. The zero-order valence-electron chi connectivity index (χ0n) is 6.93. The van der Waals surface area contributed by atoms with Gasteiger partial charge in [0.1, 0.15) is 0 Å². The first-order valence-corrected chi connectivity index (χ1v) is 3.82. The van der Waals surface area contributed by atoms with Crippen molar-refractivity contribution in [3.63, 3.8) is 0 Å². The molecule has 0 aromatic heterocycles. The summed E-state index contributed by atoms with van der Waals surface area (Å²) in [5.41, 5.74) is 0. The highest BCUT2D eigenvalue weighted by atomic mass is 16.5. The maximum absolute atomic E-state index is 10.6. The Morgan fingerprint density at radius 3 is 2.75 bits per heavy atom. The second kappa shape index (κ2) is 3.73. The van der Waals surface area contributed by atoms with E-state index < -0.39 is 6.09 Å². The number of hydrogen-bond acceptors (Lipinski definition) is 3. The van der Waals surface area contributed by atoms with Crippen molar-refractivity contribution in [2.24, 2.45) is 0 Å². The molecule has 0 aromatic carbocycles. The molecule has 0 spiro atoms. The molecule has 12 heavy (non-hydrogen) atoms. The van der Waals surface area contributed by atoms with Gasteiger partial charge in [0.05, 0.1) is 25.3 Å². The molecule has 1 aliphatic heterocycles. The monoisotopic (exact) mass is 175 g/mol. The van der Waals surface area contributed by atoms with Gasteiger partial charge in [0.25, 0.3) is 0 Å². The molecule has 2 N–H and O–H groups in total. The average molecular weight is 175 g/mol. The fourth-order valence-electron chi connectivity index (χ4n) is 1.45. The number of amides is 1. The summed E-state index contributed by atoms with van der Waals surface area (Å²) in [5, 5.41) is 17.5. The molecule has 1 saturated heterocycles. The van der Waals surface area contributed by atoms with Crippen LogP contribution in [0.5, 0.6) is 0 Å². The Balaban J connectivity index is 2.56. The molecular formula is C7H13NO4. The molecule has 1 aliphatic rings. The van der Waals surface area contributed by atoms with Crippen LogP contribution >= 0.6 is 0 Å². The van der Waals surface area contributed by atoms with Crippen LogP contribution in [0.15, 0.2) is 0 Å². The van der Waals surface area contributed by atoms with E-state index in [0.717, 1.165) is 0 Å². The average Bonchev–Trinajstić information content (AvgIpc) is 2.47. The molecule has 0 saturated carbocycles. The molecule has 0 unspecified atom stereocenters. The van der Waals surface area contributed by atoms with Crippen LogP contribution in [0.2, 0.25) is 0 Å². The van der Waals surface area contributed by atoms with E-state index >= 15 is 0 Å². The molecule has 70 valence electrons. The van der Waals surface area contributed by atoms with E-state index in [2.05, 4.69) is 0 Å². The van der Waals surface area contributed by atoms with Crippen LogP contribution < -0.4 is 0 Å². The summed E-state index contributed by atoms with van der Waals surface area (Å²) in [5.74, 6) is 0. The van der Waals surface area contributed by atoms with Gasteiger partial charge in [0, 0.05) is 7.11 Å². The smallest absolute Gasteiger partial charge is 0.407 e. The SMILES string of the molecule is CO[C@@H]1C[C@H](CO)N(C(=O)O)C1. The highest BCUT2D eigenvalue weighted by Crippen LogP contribution is 2.19. The lowest BCUT2D eigenvalue weighted by molar-refractivity contribution is 0.101. The number of carboxylic acid groups (broad SMARTS) is 1. The molecule has 1 fully saturated rings. The maximum atomic E-state index is 10.6. The van der Waals surface area contributed by atoms with Crippen molar-refractivity contribution in [2.75, 3.05) is 20.3 Å². The predicted molar refractivity (Wildman–Crippen MR) is 41.0 cm³/mol. The summed E-state index contributed by atoms with van der Waals surface area (Å²) >= 11 is 0. The molecule has 1 amide bonds. The van der Waals surface area contributed by atoms with Crippen LogP contribution in [0.3, 0.4) is 0 Å². The number of aliphatic hydroxyl groups is 1. The van der Waals surface area contributed by atoms with Gasteiger partial charge in [-0.2, -0.15) is 0 Å². The van der Waals surface area contributed by atoms with Gasteiger partial charge in [-0.1, -0.05) is 0 Å². The standard InChI is InChI=1S/C7H13NO4/c1-12-6-2-5(4-9)8(3-6)7(10)11/h5-6,9H,2-4H2,1H3,(H,10,11)/t5-,6-/m1/s1. The molecule has 5 heteroatoms. The van der Waals surface area contributed by atoms with Crippen molar-refractivity contribution >= 4 is 6.09 Å². The Morgan fingerprint density at radius 1 is 1.75 bits per heavy atom. The zero-order valence-corrected chi connectivity index (χ0v) is 6.93. The number of methoxy groups -OCH3 is 1. The van der Waals surface area contributed by atoms with E-state index in [9.17, 15) is 4.79 Å². The fourth-order valence-corrected chi connectivity index (χ4v) is 1.45. The third-order valence-electron chi connectivity index (χ3n) is 2.17. The summed E-state index contributed by atoms with van der Waals surface area (Å²) < 4.78 is 5.01. The maximum Gasteiger partial charge on any atom is 0.407 e. The van der Waals surface area contributed by atoms with E-state index in [1.807, 2.05) is 0 Å². The van der Waals surface area contributed by atoms with Gasteiger partial charge in [-0.25, -0.2) is 4.79 Å². The van der Waals surface area contributed by atoms with Gasteiger partial charge >= 0.3 is 6.09 Å². The number of nitrogens with zero attached hydrogens (tertiary/aromatic N) is 1. The Kier molecular flexibility index (Phi) is 2.88. The van der Waals surface area contributed by atoms with Gasteiger partial charge in [0.2, 0.25) is 0 Å². The topological polar surface area (TPSA) is 70.0 Å². The van der Waals surface area contributed by atoms with Gasteiger partial charge < -0.3 is 19.8 Å². The largest absolute Gasteiger partial charge is 0.465 e. The molecule has 0 aliphatic carbocycles. The second-order valence-corrected chi connectivity index (χ2v) is 2.86. The number of rotatable bonds is 2. The highest BCUT2D eigenvalue weighted by Gasteiger charge is 2.34. The quantitative estimate of drug-likeness (QED) is 0.607. The summed E-state index contributed by atoms with van der Waals surface area (Å²) in [7, 11) is 1.55.